The molecule has 0 saturated carbocycles. The van der Waals surface area contributed by atoms with Crippen molar-refractivity contribution in [2.24, 2.45) is 5.41 Å². The molecule has 0 radical (unpaired) electrons. The van der Waals surface area contributed by atoms with Crippen LogP contribution in [-0.2, 0) is 21.2 Å². The molecule has 196 valence electrons. The van der Waals surface area contributed by atoms with E-state index in [-0.39, 0.29) is 27.9 Å². The van der Waals surface area contributed by atoms with Gasteiger partial charge in [0.1, 0.15) is 12.4 Å². The molecule has 2 aromatic rings. The van der Waals surface area contributed by atoms with Crippen LogP contribution >= 0.6 is 23.4 Å². The zero-order valence-electron chi connectivity index (χ0n) is 21.9. The third-order valence-corrected chi connectivity index (χ3v) is 8.34. The Kier molecular flexibility index (Phi) is 9.68. The number of halogens is 1. The summed E-state index contributed by atoms with van der Waals surface area (Å²) in [5.41, 5.74) is 1.37. The highest BCUT2D eigenvalue weighted by atomic mass is 35.5. The van der Waals surface area contributed by atoms with Gasteiger partial charge in [-0.05, 0) is 67.2 Å². The standard InChI is InChI=1S/C27H37ClN2O4SSi/c1-18(16-33-22-12-10-19(11-13-22)14-23-24(31)30-25(32)35-23)29-17-27(26(2,3)4,34-36(5)6)20-8-7-9-21(28)15-20/h7-13,15,18,23,29,36H,14,16-17H2,1-6H3,(H,30,31,32)/t18-,23?,27+/m1/s1. The van der Waals surface area contributed by atoms with E-state index >= 15 is 0 Å². The molecule has 6 nitrogen and oxygen atoms in total. The molecule has 3 atom stereocenters. The van der Waals surface area contributed by atoms with Crippen LogP contribution in [0.4, 0.5) is 4.79 Å². The van der Waals surface area contributed by atoms with E-state index < -0.39 is 14.6 Å². The van der Waals surface area contributed by atoms with Crippen LogP contribution in [0.5, 0.6) is 5.75 Å². The Hall–Kier alpha value is -1.84. The number of carbonyl (C=O) groups excluding carboxylic acids is 2. The van der Waals surface area contributed by atoms with Gasteiger partial charge >= 0.3 is 0 Å². The van der Waals surface area contributed by atoms with E-state index in [9.17, 15) is 9.59 Å². The number of benzene rings is 2. The topological polar surface area (TPSA) is 76.7 Å². The predicted molar refractivity (Wildman–Crippen MR) is 151 cm³/mol. The highest BCUT2D eigenvalue weighted by Gasteiger charge is 2.45. The minimum atomic E-state index is -1.39. The van der Waals surface area contributed by atoms with Gasteiger partial charge in [0.05, 0.1) is 10.9 Å². The fraction of sp³-hybridized carbons (Fsp3) is 0.481. The number of hydrogen-bond donors (Lipinski definition) is 2. The van der Waals surface area contributed by atoms with Gasteiger partial charge in [0, 0.05) is 17.6 Å². The lowest BCUT2D eigenvalue weighted by Gasteiger charge is -2.47. The fourth-order valence-corrected chi connectivity index (χ4v) is 6.72. The maximum absolute atomic E-state index is 11.8. The fourth-order valence-electron chi connectivity index (χ4n) is 4.29. The molecule has 2 aromatic carbocycles. The van der Waals surface area contributed by atoms with Crippen molar-refractivity contribution >= 4 is 43.5 Å². The third kappa shape index (κ3) is 7.35. The van der Waals surface area contributed by atoms with Gasteiger partial charge < -0.3 is 14.5 Å². The summed E-state index contributed by atoms with van der Waals surface area (Å²) >= 11 is 7.41. The van der Waals surface area contributed by atoms with Crippen LogP contribution in [-0.4, -0.2) is 44.6 Å². The van der Waals surface area contributed by atoms with E-state index in [0.717, 1.165) is 28.6 Å². The van der Waals surface area contributed by atoms with E-state index in [2.05, 4.69) is 57.5 Å². The molecule has 0 spiro atoms. The Morgan fingerprint density at radius 2 is 1.83 bits per heavy atom. The number of rotatable bonds is 11. The van der Waals surface area contributed by atoms with Gasteiger partial charge in [-0.15, -0.1) is 0 Å². The second kappa shape index (κ2) is 12.1. The number of ether oxygens (including phenoxy) is 1. The summed E-state index contributed by atoms with van der Waals surface area (Å²) < 4.78 is 12.8. The molecule has 1 heterocycles. The van der Waals surface area contributed by atoms with Crippen LogP contribution in [0.1, 0.15) is 38.8 Å². The van der Waals surface area contributed by atoms with E-state index in [1.807, 2.05) is 42.5 Å². The second-order valence-electron chi connectivity index (χ2n) is 10.6. The summed E-state index contributed by atoms with van der Waals surface area (Å²) in [7, 11) is -1.39. The second-order valence-corrected chi connectivity index (χ2v) is 14.5. The number of thioether (sulfide) groups is 1. The number of imide groups is 1. The molecule has 36 heavy (non-hydrogen) atoms. The SMILES string of the molecule is C[C@H](COc1ccc(CC2SC(=O)NC2=O)cc1)NC[C@](O[SiH](C)C)(c1cccc(Cl)c1)C(C)(C)C. The van der Waals surface area contributed by atoms with Crippen LogP contribution in [0.2, 0.25) is 18.1 Å². The van der Waals surface area contributed by atoms with Crippen molar-refractivity contribution in [1.82, 2.24) is 10.6 Å². The van der Waals surface area contributed by atoms with Crippen molar-refractivity contribution in [2.75, 3.05) is 13.2 Å². The lowest BCUT2D eigenvalue weighted by molar-refractivity contribution is -0.118. The number of amides is 2. The molecule has 2 N–H and O–H groups in total. The van der Waals surface area contributed by atoms with Gasteiger partial charge in [-0.3, -0.25) is 14.9 Å². The van der Waals surface area contributed by atoms with Crippen LogP contribution in [0.25, 0.3) is 0 Å². The maximum atomic E-state index is 11.8. The first kappa shape index (κ1) is 28.7. The minimum Gasteiger partial charge on any atom is -0.492 e. The van der Waals surface area contributed by atoms with Gasteiger partial charge in [-0.1, -0.05) is 68.4 Å². The molecule has 3 rings (SSSR count). The summed E-state index contributed by atoms with van der Waals surface area (Å²) in [4.78, 5) is 23.2. The maximum Gasteiger partial charge on any atom is 0.286 e. The average Bonchev–Trinajstić information content (AvgIpc) is 3.11. The molecule has 0 aromatic heterocycles. The van der Waals surface area contributed by atoms with Crippen molar-refractivity contribution < 1.29 is 18.8 Å². The first-order valence-electron chi connectivity index (χ1n) is 12.3. The number of hydrogen-bond acceptors (Lipinski definition) is 6. The first-order valence-corrected chi connectivity index (χ1v) is 16.3. The summed E-state index contributed by atoms with van der Waals surface area (Å²) in [6.45, 7) is 14.2. The van der Waals surface area contributed by atoms with Gasteiger partial charge in [0.25, 0.3) is 5.24 Å². The molecule has 2 amide bonds. The predicted octanol–water partition coefficient (Wildman–Crippen LogP) is 5.53. The first-order chi connectivity index (χ1) is 16.9. The Morgan fingerprint density at radius 3 is 2.39 bits per heavy atom. The molecule has 9 heteroatoms. The number of nitrogens with one attached hydrogen (secondary N) is 2. The zero-order valence-corrected chi connectivity index (χ0v) is 24.6. The van der Waals surface area contributed by atoms with Gasteiger partial charge in [-0.2, -0.15) is 0 Å². The average molecular weight is 549 g/mol. The lowest BCUT2D eigenvalue weighted by Crippen LogP contribution is -2.54. The van der Waals surface area contributed by atoms with E-state index in [0.29, 0.717) is 24.6 Å². The third-order valence-electron chi connectivity index (χ3n) is 6.25. The molecule has 0 aliphatic carbocycles. The minimum absolute atomic E-state index is 0.0765. The van der Waals surface area contributed by atoms with Crippen molar-refractivity contribution in [3.63, 3.8) is 0 Å². The Morgan fingerprint density at radius 1 is 1.14 bits per heavy atom. The summed E-state index contributed by atoms with van der Waals surface area (Å²) in [5.74, 6) is 0.535. The van der Waals surface area contributed by atoms with Gasteiger partial charge in [0.2, 0.25) is 5.91 Å². The summed E-state index contributed by atoms with van der Waals surface area (Å²) in [6.07, 6.45) is 0.512. The van der Waals surface area contributed by atoms with Crippen LogP contribution in [0.3, 0.4) is 0 Å². The molecular weight excluding hydrogens is 512 g/mol. The smallest absolute Gasteiger partial charge is 0.286 e. The van der Waals surface area contributed by atoms with Gasteiger partial charge in [-0.25, -0.2) is 0 Å². The van der Waals surface area contributed by atoms with Crippen LogP contribution in [0.15, 0.2) is 48.5 Å². The molecule has 1 aliphatic rings. The highest BCUT2D eigenvalue weighted by molar-refractivity contribution is 8.15. The number of carbonyl (C=O) groups is 2. The molecule has 0 bridgehead atoms. The molecule has 1 aliphatic heterocycles. The van der Waals surface area contributed by atoms with E-state index in [1.54, 1.807) is 0 Å². The molecule has 1 fully saturated rings. The molecular formula is C27H37ClN2O4SSi. The van der Waals surface area contributed by atoms with E-state index in [1.165, 1.54) is 0 Å². The van der Waals surface area contributed by atoms with E-state index in [4.69, 9.17) is 20.8 Å². The Balaban J connectivity index is 1.62. The summed E-state index contributed by atoms with van der Waals surface area (Å²) in [5, 5.41) is 6.02. The zero-order chi connectivity index (χ0) is 26.5. The highest BCUT2D eigenvalue weighted by Crippen LogP contribution is 2.43. The van der Waals surface area contributed by atoms with Crippen molar-refractivity contribution in [3.8, 4) is 5.75 Å². The molecule has 1 saturated heterocycles. The monoisotopic (exact) mass is 548 g/mol. The van der Waals surface area contributed by atoms with Crippen LogP contribution < -0.4 is 15.4 Å². The van der Waals surface area contributed by atoms with Gasteiger partial charge in [0.15, 0.2) is 9.04 Å². The van der Waals surface area contributed by atoms with Crippen molar-refractivity contribution in [3.05, 3.63) is 64.7 Å². The van der Waals surface area contributed by atoms with Crippen LogP contribution in [0, 0.1) is 5.41 Å². The van der Waals surface area contributed by atoms with Crippen molar-refractivity contribution in [2.45, 2.75) is 64.1 Å². The molecule has 1 unspecified atom stereocenters. The normalized spacial score (nSPS) is 18.7. The van der Waals surface area contributed by atoms with Crippen molar-refractivity contribution in [1.29, 1.82) is 0 Å². The summed E-state index contributed by atoms with van der Waals surface area (Å²) in [6, 6.07) is 15.7. The quantitative estimate of drug-likeness (QED) is 0.359. The largest absolute Gasteiger partial charge is 0.492 e. The Labute approximate surface area is 225 Å². The Bertz CT molecular complexity index is 1060. The lowest BCUT2D eigenvalue weighted by atomic mass is 9.72.